The number of hydrogen-bond acceptors (Lipinski definition) is 5. The summed E-state index contributed by atoms with van der Waals surface area (Å²) in [5.41, 5.74) is 0.116. The van der Waals surface area contributed by atoms with E-state index in [-0.39, 0.29) is 19.0 Å². The van der Waals surface area contributed by atoms with Crippen molar-refractivity contribution in [1.82, 2.24) is 0 Å². The third-order valence-electron chi connectivity index (χ3n) is 5.26. The molecule has 1 N–H and O–H groups in total. The molecule has 1 atom stereocenters. The number of carbonyl (C=O) groups excluding carboxylic acids is 2. The number of hydrogen-bond donors (Lipinski definition) is 1. The molecule has 6 heteroatoms. The van der Waals surface area contributed by atoms with Gasteiger partial charge >= 0.3 is 0 Å². The number of ether oxygens (including phenoxy) is 2. The number of aliphatic hydroxyl groups is 1. The summed E-state index contributed by atoms with van der Waals surface area (Å²) in [6, 6.07) is 12.5. The highest BCUT2D eigenvalue weighted by molar-refractivity contribution is 6.10. The van der Waals surface area contributed by atoms with Crippen LogP contribution >= 0.6 is 0 Å². The van der Waals surface area contributed by atoms with Crippen molar-refractivity contribution in [1.29, 1.82) is 0 Å². The van der Waals surface area contributed by atoms with Crippen LogP contribution in [-0.4, -0.2) is 30.1 Å². The first-order valence-electron chi connectivity index (χ1n) is 9.77. The molecule has 0 saturated heterocycles. The van der Waals surface area contributed by atoms with E-state index in [2.05, 4.69) is 0 Å². The molecular formula is C23H23NO5. The van der Waals surface area contributed by atoms with Crippen molar-refractivity contribution in [2.75, 3.05) is 18.2 Å². The van der Waals surface area contributed by atoms with E-state index < -0.39 is 11.5 Å². The highest BCUT2D eigenvalue weighted by atomic mass is 16.7. The molecule has 150 valence electrons. The van der Waals surface area contributed by atoms with Crippen molar-refractivity contribution in [3.05, 3.63) is 59.7 Å². The molecule has 2 aromatic carbocycles. The Morgan fingerprint density at radius 2 is 2.00 bits per heavy atom. The third kappa shape index (κ3) is 3.51. The molecule has 4 rings (SSSR count). The van der Waals surface area contributed by atoms with Gasteiger partial charge in [-0.3, -0.25) is 9.59 Å². The lowest BCUT2D eigenvalue weighted by atomic mass is 9.89. The predicted molar refractivity (Wildman–Crippen MR) is 109 cm³/mol. The van der Waals surface area contributed by atoms with Crippen LogP contribution in [0.5, 0.6) is 11.5 Å². The standard InChI is InChI=1S/C23H23NO5/c1-2-3-12-24-19-7-5-4-6-18(19)23(27,22(24)26)14-17(25)10-8-16-9-11-20-21(13-16)29-15-28-20/h4-11,13,27H,2-3,12,14-15H2,1H3/b10-8+. The van der Waals surface area contributed by atoms with E-state index in [0.29, 0.717) is 29.3 Å². The van der Waals surface area contributed by atoms with Crippen LogP contribution in [0.15, 0.2) is 48.5 Å². The molecule has 1 amide bonds. The van der Waals surface area contributed by atoms with Gasteiger partial charge in [-0.05, 0) is 36.3 Å². The lowest BCUT2D eigenvalue weighted by Gasteiger charge is -2.22. The van der Waals surface area contributed by atoms with Crippen LogP contribution < -0.4 is 14.4 Å². The molecule has 29 heavy (non-hydrogen) atoms. The fourth-order valence-corrected chi connectivity index (χ4v) is 3.73. The number of allylic oxidation sites excluding steroid dienone is 1. The van der Waals surface area contributed by atoms with Crippen molar-refractivity contribution in [3.8, 4) is 11.5 Å². The topological polar surface area (TPSA) is 76.1 Å². The van der Waals surface area contributed by atoms with Crippen LogP contribution in [-0.2, 0) is 15.2 Å². The van der Waals surface area contributed by atoms with E-state index in [1.54, 1.807) is 35.2 Å². The normalized spacial score (nSPS) is 19.8. The number of nitrogens with zero attached hydrogens (tertiary/aromatic N) is 1. The summed E-state index contributed by atoms with van der Waals surface area (Å²) >= 11 is 0. The molecule has 0 saturated carbocycles. The van der Waals surface area contributed by atoms with E-state index in [4.69, 9.17) is 9.47 Å². The second-order valence-electron chi connectivity index (χ2n) is 7.28. The SMILES string of the molecule is CCCCN1C(=O)C(O)(CC(=O)/C=C/c2ccc3c(c2)OCO3)c2ccccc21. The van der Waals surface area contributed by atoms with Crippen molar-refractivity contribution >= 4 is 23.5 Å². The van der Waals surface area contributed by atoms with Crippen LogP contribution in [0, 0.1) is 0 Å². The number of fused-ring (bicyclic) bond motifs is 2. The Kier molecular flexibility index (Phi) is 5.11. The Morgan fingerprint density at radius 3 is 2.83 bits per heavy atom. The Bertz CT molecular complexity index is 983. The maximum atomic E-state index is 13.0. The Balaban J connectivity index is 1.53. The largest absolute Gasteiger partial charge is 0.454 e. The number of unbranched alkanes of at least 4 members (excludes halogenated alkanes) is 1. The van der Waals surface area contributed by atoms with Gasteiger partial charge in [0.15, 0.2) is 22.9 Å². The zero-order chi connectivity index (χ0) is 20.4. The summed E-state index contributed by atoms with van der Waals surface area (Å²) in [7, 11) is 0. The molecular weight excluding hydrogens is 370 g/mol. The molecule has 0 spiro atoms. The number of amides is 1. The van der Waals surface area contributed by atoms with Crippen LogP contribution in [0.3, 0.4) is 0 Å². The second-order valence-corrected chi connectivity index (χ2v) is 7.28. The molecule has 6 nitrogen and oxygen atoms in total. The lowest BCUT2D eigenvalue weighted by molar-refractivity contribution is -0.140. The number of para-hydroxylation sites is 1. The molecule has 0 aromatic heterocycles. The summed E-state index contributed by atoms with van der Waals surface area (Å²) in [6.45, 7) is 2.75. The number of rotatable bonds is 7. The molecule has 0 radical (unpaired) electrons. The van der Waals surface area contributed by atoms with Crippen molar-refractivity contribution < 1.29 is 24.2 Å². The van der Waals surface area contributed by atoms with Crippen LogP contribution in [0.4, 0.5) is 5.69 Å². The Labute approximate surface area is 169 Å². The number of anilines is 1. The molecule has 2 aromatic rings. The third-order valence-corrected chi connectivity index (χ3v) is 5.26. The molecule has 2 aliphatic rings. The van der Waals surface area contributed by atoms with Crippen LogP contribution in [0.1, 0.15) is 37.3 Å². The van der Waals surface area contributed by atoms with Gasteiger partial charge < -0.3 is 19.5 Å². The minimum atomic E-state index is -1.83. The van der Waals surface area contributed by atoms with Crippen LogP contribution in [0.2, 0.25) is 0 Å². The maximum Gasteiger partial charge on any atom is 0.264 e. The molecule has 1 unspecified atom stereocenters. The minimum absolute atomic E-state index is 0.185. The molecule has 0 bridgehead atoms. The summed E-state index contributed by atoms with van der Waals surface area (Å²) in [4.78, 5) is 27.2. The molecule has 2 heterocycles. The van der Waals surface area contributed by atoms with Gasteiger partial charge in [-0.15, -0.1) is 0 Å². The smallest absolute Gasteiger partial charge is 0.264 e. The van der Waals surface area contributed by atoms with Crippen molar-refractivity contribution in [2.45, 2.75) is 31.8 Å². The first kappa shape index (κ1) is 19.2. The van der Waals surface area contributed by atoms with E-state index in [9.17, 15) is 14.7 Å². The van der Waals surface area contributed by atoms with Gasteiger partial charge in [-0.25, -0.2) is 0 Å². The first-order valence-corrected chi connectivity index (χ1v) is 9.77. The van der Waals surface area contributed by atoms with Gasteiger partial charge in [0, 0.05) is 12.1 Å². The lowest BCUT2D eigenvalue weighted by Crippen LogP contribution is -2.42. The summed E-state index contributed by atoms with van der Waals surface area (Å²) < 4.78 is 10.6. The van der Waals surface area contributed by atoms with Gasteiger partial charge in [0.05, 0.1) is 12.1 Å². The molecule has 2 aliphatic heterocycles. The van der Waals surface area contributed by atoms with Gasteiger partial charge in [0.25, 0.3) is 5.91 Å². The second kappa shape index (κ2) is 7.72. The number of benzene rings is 2. The van der Waals surface area contributed by atoms with E-state index in [1.165, 1.54) is 6.08 Å². The van der Waals surface area contributed by atoms with Crippen molar-refractivity contribution in [2.24, 2.45) is 0 Å². The molecule has 0 fully saturated rings. The summed E-state index contributed by atoms with van der Waals surface area (Å²) in [5.74, 6) is 0.537. The van der Waals surface area contributed by atoms with E-state index in [0.717, 1.165) is 18.4 Å². The Hall–Kier alpha value is -3.12. The van der Waals surface area contributed by atoms with Crippen molar-refractivity contribution in [3.63, 3.8) is 0 Å². The Morgan fingerprint density at radius 1 is 1.21 bits per heavy atom. The first-order chi connectivity index (χ1) is 14.0. The highest BCUT2D eigenvalue weighted by Gasteiger charge is 2.50. The highest BCUT2D eigenvalue weighted by Crippen LogP contribution is 2.42. The zero-order valence-corrected chi connectivity index (χ0v) is 16.3. The fraction of sp³-hybridized carbons (Fsp3) is 0.304. The minimum Gasteiger partial charge on any atom is -0.454 e. The number of carbonyl (C=O) groups is 2. The number of ketones is 1. The molecule has 0 aliphatic carbocycles. The van der Waals surface area contributed by atoms with Gasteiger partial charge in [-0.1, -0.05) is 43.7 Å². The van der Waals surface area contributed by atoms with Gasteiger partial charge in [0.2, 0.25) is 6.79 Å². The fourth-order valence-electron chi connectivity index (χ4n) is 3.73. The van der Waals surface area contributed by atoms with Crippen LogP contribution in [0.25, 0.3) is 6.08 Å². The monoisotopic (exact) mass is 393 g/mol. The van der Waals surface area contributed by atoms with E-state index >= 15 is 0 Å². The predicted octanol–water partition coefficient (Wildman–Crippen LogP) is 3.42. The van der Waals surface area contributed by atoms with Gasteiger partial charge in [-0.2, -0.15) is 0 Å². The van der Waals surface area contributed by atoms with E-state index in [1.807, 2.05) is 25.1 Å². The maximum absolute atomic E-state index is 13.0. The quantitative estimate of drug-likeness (QED) is 0.730. The average Bonchev–Trinajstić information content (AvgIpc) is 3.27. The average molecular weight is 393 g/mol. The zero-order valence-electron chi connectivity index (χ0n) is 16.3. The van der Waals surface area contributed by atoms with Gasteiger partial charge in [0.1, 0.15) is 0 Å². The summed E-state index contributed by atoms with van der Waals surface area (Å²) in [5, 5.41) is 11.2. The summed E-state index contributed by atoms with van der Waals surface area (Å²) in [6.07, 6.45) is 4.50.